The molecule has 1 fully saturated rings. The molecule has 0 amide bonds. The Hall–Kier alpha value is -0.710. The van der Waals surface area contributed by atoms with E-state index in [2.05, 4.69) is 50.9 Å². The molecule has 0 aliphatic carbocycles. The number of aromatic nitrogens is 1. The predicted octanol–water partition coefficient (Wildman–Crippen LogP) is 3.92. The van der Waals surface area contributed by atoms with Gasteiger partial charge in [0.25, 0.3) is 0 Å². The number of halogens is 1. The molecule has 1 atom stereocenters. The maximum Gasteiger partial charge on any atom is 0.0972 e. The lowest BCUT2D eigenvalue weighted by Gasteiger charge is -2.05. The summed E-state index contributed by atoms with van der Waals surface area (Å²) in [6.45, 7) is 1.13. The van der Waals surface area contributed by atoms with Gasteiger partial charge in [0, 0.05) is 16.3 Å². The second-order valence-electron chi connectivity index (χ2n) is 4.62. The van der Waals surface area contributed by atoms with Gasteiger partial charge in [-0.15, -0.1) is 11.3 Å². The topological polar surface area (TPSA) is 24.9 Å². The van der Waals surface area contributed by atoms with Crippen molar-refractivity contribution in [1.82, 2.24) is 10.3 Å². The molecule has 18 heavy (non-hydrogen) atoms. The lowest BCUT2D eigenvalue weighted by atomic mass is 10.1. The van der Waals surface area contributed by atoms with Crippen LogP contribution in [0.4, 0.5) is 0 Å². The summed E-state index contributed by atoms with van der Waals surface area (Å²) in [6, 6.07) is 8.96. The van der Waals surface area contributed by atoms with Gasteiger partial charge in [-0.1, -0.05) is 28.1 Å². The van der Waals surface area contributed by atoms with Crippen LogP contribution in [0.5, 0.6) is 0 Å². The van der Waals surface area contributed by atoms with E-state index in [0.717, 1.165) is 17.4 Å². The lowest BCUT2D eigenvalue weighted by Crippen LogP contribution is -2.13. The summed E-state index contributed by atoms with van der Waals surface area (Å²) < 4.78 is 1.13. The smallest absolute Gasteiger partial charge is 0.0972 e. The van der Waals surface area contributed by atoms with Crippen molar-refractivity contribution in [3.63, 3.8) is 0 Å². The fraction of sp³-hybridized carbons (Fsp3) is 0.357. The zero-order valence-electron chi connectivity index (χ0n) is 10.0. The summed E-state index contributed by atoms with van der Waals surface area (Å²) in [5.74, 6) is 0. The zero-order valence-corrected chi connectivity index (χ0v) is 12.4. The quantitative estimate of drug-likeness (QED) is 0.926. The Morgan fingerprint density at radius 1 is 1.33 bits per heavy atom. The van der Waals surface area contributed by atoms with E-state index >= 15 is 0 Å². The van der Waals surface area contributed by atoms with Gasteiger partial charge in [0.05, 0.1) is 16.7 Å². The second kappa shape index (κ2) is 5.51. The highest BCUT2D eigenvalue weighted by atomic mass is 79.9. The number of nitrogens with zero attached hydrogens (tertiary/aromatic N) is 1. The summed E-state index contributed by atoms with van der Waals surface area (Å²) in [4.78, 5) is 4.75. The number of hydrogen-bond donors (Lipinski definition) is 1. The van der Waals surface area contributed by atoms with Crippen molar-refractivity contribution in [3.8, 4) is 0 Å². The number of benzene rings is 1. The van der Waals surface area contributed by atoms with Crippen molar-refractivity contribution in [2.45, 2.75) is 25.3 Å². The summed E-state index contributed by atoms with van der Waals surface area (Å²) >= 11 is 5.23. The van der Waals surface area contributed by atoms with E-state index in [-0.39, 0.29) is 0 Å². The van der Waals surface area contributed by atoms with Crippen LogP contribution < -0.4 is 5.32 Å². The van der Waals surface area contributed by atoms with Crippen LogP contribution in [0.15, 0.2) is 34.1 Å². The third-order valence-electron chi connectivity index (χ3n) is 3.26. The van der Waals surface area contributed by atoms with Crippen LogP contribution in [0.1, 0.15) is 35.1 Å². The highest BCUT2D eigenvalue weighted by molar-refractivity contribution is 9.10. The van der Waals surface area contributed by atoms with Crippen molar-refractivity contribution < 1.29 is 0 Å². The molecule has 1 aromatic carbocycles. The van der Waals surface area contributed by atoms with Gasteiger partial charge in [-0.25, -0.2) is 4.98 Å². The fourth-order valence-electron chi connectivity index (χ4n) is 2.28. The average Bonchev–Trinajstić information content (AvgIpc) is 3.02. The Morgan fingerprint density at radius 2 is 2.17 bits per heavy atom. The summed E-state index contributed by atoms with van der Waals surface area (Å²) in [6.07, 6.45) is 3.43. The maximum absolute atomic E-state index is 4.75. The first-order valence-corrected chi connectivity index (χ1v) is 7.90. The van der Waals surface area contributed by atoms with Gasteiger partial charge in [-0.05, 0) is 37.1 Å². The van der Waals surface area contributed by atoms with Crippen LogP contribution in [0.3, 0.4) is 0 Å². The van der Waals surface area contributed by atoms with E-state index in [4.69, 9.17) is 4.98 Å². The molecule has 1 unspecified atom stereocenters. The summed E-state index contributed by atoms with van der Waals surface area (Å²) in [5.41, 5.74) is 2.54. The second-order valence-corrected chi connectivity index (χ2v) is 6.48. The molecule has 1 saturated heterocycles. The third-order valence-corrected chi connectivity index (χ3v) is 4.65. The van der Waals surface area contributed by atoms with E-state index in [9.17, 15) is 0 Å². The molecule has 1 aliphatic rings. The highest BCUT2D eigenvalue weighted by Crippen LogP contribution is 2.25. The van der Waals surface area contributed by atoms with Crippen molar-refractivity contribution >= 4 is 27.3 Å². The van der Waals surface area contributed by atoms with Crippen LogP contribution in [0, 0.1) is 0 Å². The summed E-state index contributed by atoms with van der Waals surface area (Å²) in [7, 11) is 0. The van der Waals surface area contributed by atoms with Gasteiger partial charge < -0.3 is 5.32 Å². The molecular formula is C14H15BrN2S. The van der Waals surface area contributed by atoms with E-state index < -0.39 is 0 Å². The fourth-order valence-corrected chi connectivity index (χ4v) is 3.43. The first kappa shape index (κ1) is 12.3. The minimum atomic E-state index is 0.486. The van der Waals surface area contributed by atoms with Gasteiger partial charge >= 0.3 is 0 Å². The van der Waals surface area contributed by atoms with E-state index in [1.165, 1.54) is 29.1 Å². The lowest BCUT2D eigenvalue weighted by molar-refractivity contribution is 0.630. The molecule has 0 saturated carbocycles. The largest absolute Gasteiger partial charge is 0.309 e. The SMILES string of the molecule is Brc1ccc(Cc2nc(C3CCCN3)cs2)cc1. The maximum atomic E-state index is 4.75. The number of hydrogen-bond acceptors (Lipinski definition) is 3. The molecule has 2 aromatic rings. The van der Waals surface area contributed by atoms with Gasteiger partial charge in [0.1, 0.15) is 0 Å². The van der Waals surface area contributed by atoms with Crippen molar-refractivity contribution in [2.75, 3.05) is 6.54 Å². The van der Waals surface area contributed by atoms with Crippen LogP contribution in [0.25, 0.3) is 0 Å². The van der Waals surface area contributed by atoms with Crippen molar-refractivity contribution in [2.24, 2.45) is 0 Å². The van der Waals surface area contributed by atoms with E-state index in [1.54, 1.807) is 11.3 Å². The van der Waals surface area contributed by atoms with Gasteiger partial charge in [-0.3, -0.25) is 0 Å². The molecule has 2 nitrogen and oxygen atoms in total. The third kappa shape index (κ3) is 2.82. The van der Waals surface area contributed by atoms with Crippen LogP contribution in [-0.2, 0) is 6.42 Å². The predicted molar refractivity (Wildman–Crippen MR) is 79.0 cm³/mol. The molecule has 1 N–H and O–H groups in total. The minimum Gasteiger partial charge on any atom is -0.309 e. The van der Waals surface area contributed by atoms with Crippen LogP contribution in [-0.4, -0.2) is 11.5 Å². The summed E-state index contributed by atoms with van der Waals surface area (Å²) in [5, 5.41) is 6.91. The standard InChI is InChI=1S/C14H15BrN2S/c15-11-5-3-10(4-6-11)8-14-17-13(9-18-14)12-2-1-7-16-12/h3-6,9,12,16H,1-2,7-8H2. The van der Waals surface area contributed by atoms with Gasteiger partial charge in [-0.2, -0.15) is 0 Å². The minimum absolute atomic E-state index is 0.486. The first-order valence-electron chi connectivity index (χ1n) is 6.23. The highest BCUT2D eigenvalue weighted by Gasteiger charge is 2.18. The Bertz CT molecular complexity index is 515. The zero-order chi connectivity index (χ0) is 12.4. The molecule has 0 spiro atoms. The Balaban J connectivity index is 1.71. The van der Waals surface area contributed by atoms with Crippen molar-refractivity contribution in [3.05, 3.63) is 50.4 Å². The molecule has 4 heteroatoms. The van der Waals surface area contributed by atoms with E-state index in [0.29, 0.717) is 6.04 Å². The molecule has 0 radical (unpaired) electrons. The molecule has 0 bridgehead atoms. The Morgan fingerprint density at radius 3 is 2.89 bits per heavy atom. The first-order chi connectivity index (χ1) is 8.81. The molecule has 94 valence electrons. The average molecular weight is 323 g/mol. The van der Waals surface area contributed by atoms with Crippen LogP contribution in [0.2, 0.25) is 0 Å². The number of thiazole rings is 1. The molecule has 1 aromatic heterocycles. The molecule has 3 rings (SSSR count). The monoisotopic (exact) mass is 322 g/mol. The van der Waals surface area contributed by atoms with Crippen molar-refractivity contribution in [1.29, 1.82) is 0 Å². The Labute approximate surface area is 120 Å². The Kier molecular flexibility index (Phi) is 3.77. The van der Waals surface area contributed by atoms with E-state index in [1.807, 2.05) is 0 Å². The van der Waals surface area contributed by atoms with Gasteiger partial charge in [0.2, 0.25) is 0 Å². The molecule has 2 heterocycles. The van der Waals surface area contributed by atoms with Crippen LogP contribution >= 0.6 is 27.3 Å². The molecule has 1 aliphatic heterocycles. The number of rotatable bonds is 3. The van der Waals surface area contributed by atoms with Gasteiger partial charge in [0.15, 0.2) is 0 Å². The normalized spacial score (nSPS) is 19.3. The molecular weight excluding hydrogens is 308 g/mol. The number of nitrogens with one attached hydrogen (secondary N) is 1.